The zero-order valence-electron chi connectivity index (χ0n) is 22.1. The molecule has 2 amide bonds. The molecular formula is C31H34FN3O3. The van der Waals surface area contributed by atoms with Crippen LogP contribution in [0, 0.1) is 11.7 Å². The Morgan fingerprint density at radius 3 is 2.37 bits per heavy atom. The first-order valence-electron chi connectivity index (χ1n) is 12.8. The number of amides is 2. The Hall–Kier alpha value is -4.13. The molecule has 0 aliphatic carbocycles. The molecule has 0 radical (unpaired) electrons. The number of nitrogens with one attached hydrogen (secondary N) is 1. The van der Waals surface area contributed by atoms with E-state index < -0.39 is 11.7 Å². The molecule has 0 unspecified atom stereocenters. The van der Waals surface area contributed by atoms with Crippen molar-refractivity contribution >= 4 is 22.7 Å². The highest BCUT2D eigenvalue weighted by Gasteiger charge is 2.25. The topological polar surface area (TPSA) is 65.6 Å². The zero-order valence-corrected chi connectivity index (χ0v) is 22.1. The summed E-state index contributed by atoms with van der Waals surface area (Å²) in [5, 5.41) is 1.13. The van der Waals surface area contributed by atoms with Gasteiger partial charge in [0, 0.05) is 36.7 Å². The smallest absolute Gasteiger partial charge is 0.257 e. The van der Waals surface area contributed by atoms with E-state index in [1.807, 2.05) is 62.5 Å². The molecule has 0 fully saturated rings. The number of carbonyl (C=O) groups excluding carboxylic acids is 2. The molecule has 0 saturated heterocycles. The maximum absolute atomic E-state index is 14.4. The number of hydrogen-bond donors (Lipinski definition) is 1. The molecule has 1 aromatic heterocycles. The Morgan fingerprint density at radius 1 is 0.947 bits per heavy atom. The SMILES string of the molecule is COc1ccc(CN(CCc2c[nH]c3ccccc23)C(=O)CN(CC(C)C)C(=O)c2ccccc2F)cc1. The zero-order chi connectivity index (χ0) is 27.1. The number of fused-ring (bicyclic) bond motifs is 1. The Bertz CT molecular complexity index is 1380. The average Bonchev–Trinajstić information content (AvgIpc) is 3.33. The lowest BCUT2D eigenvalue weighted by Crippen LogP contribution is -2.44. The summed E-state index contributed by atoms with van der Waals surface area (Å²) in [6, 6.07) is 21.6. The molecule has 4 rings (SSSR count). The van der Waals surface area contributed by atoms with Crippen molar-refractivity contribution in [3.63, 3.8) is 0 Å². The molecule has 1 heterocycles. The lowest BCUT2D eigenvalue weighted by atomic mass is 10.1. The maximum Gasteiger partial charge on any atom is 0.257 e. The van der Waals surface area contributed by atoms with Crippen molar-refractivity contribution < 1.29 is 18.7 Å². The molecule has 198 valence electrons. The molecule has 0 aliphatic heterocycles. The van der Waals surface area contributed by atoms with E-state index in [2.05, 4.69) is 11.1 Å². The van der Waals surface area contributed by atoms with Gasteiger partial charge in [0.1, 0.15) is 18.1 Å². The number of carbonyl (C=O) groups is 2. The van der Waals surface area contributed by atoms with E-state index >= 15 is 0 Å². The summed E-state index contributed by atoms with van der Waals surface area (Å²) in [6.45, 7) is 5.01. The van der Waals surface area contributed by atoms with Gasteiger partial charge in [0.05, 0.1) is 12.7 Å². The maximum atomic E-state index is 14.4. The third-order valence-corrected chi connectivity index (χ3v) is 6.51. The van der Waals surface area contributed by atoms with Crippen molar-refractivity contribution in [1.29, 1.82) is 0 Å². The Balaban J connectivity index is 1.56. The standard InChI is InChI=1S/C31H34FN3O3/c1-22(2)19-35(31(37)27-9-4-6-10-28(27)32)21-30(36)34(20-23-12-14-25(38-3)15-13-23)17-16-24-18-33-29-11-7-5-8-26(24)29/h4-15,18,22,33H,16-17,19-21H2,1-3H3. The lowest BCUT2D eigenvalue weighted by Gasteiger charge is -2.29. The minimum Gasteiger partial charge on any atom is -0.497 e. The molecule has 0 saturated carbocycles. The van der Waals surface area contributed by atoms with Crippen molar-refractivity contribution in [2.24, 2.45) is 5.92 Å². The van der Waals surface area contributed by atoms with Crippen LogP contribution in [0.4, 0.5) is 4.39 Å². The van der Waals surface area contributed by atoms with Gasteiger partial charge in [-0.3, -0.25) is 9.59 Å². The molecule has 0 spiro atoms. The summed E-state index contributed by atoms with van der Waals surface area (Å²) in [4.78, 5) is 33.5. The molecule has 1 N–H and O–H groups in total. The highest BCUT2D eigenvalue weighted by molar-refractivity contribution is 5.96. The number of hydrogen-bond acceptors (Lipinski definition) is 3. The van der Waals surface area contributed by atoms with Crippen molar-refractivity contribution in [3.8, 4) is 5.75 Å². The van der Waals surface area contributed by atoms with Gasteiger partial charge in [0.25, 0.3) is 5.91 Å². The molecule has 3 aromatic carbocycles. The molecular weight excluding hydrogens is 481 g/mol. The summed E-state index contributed by atoms with van der Waals surface area (Å²) in [6.07, 6.45) is 2.63. The van der Waals surface area contributed by atoms with Crippen LogP contribution in [-0.4, -0.2) is 53.3 Å². The van der Waals surface area contributed by atoms with Gasteiger partial charge in [-0.15, -0.1) is 0 Å². The van der Waals surface area contributed by atoms with Crippen LogP contribution >= 0.6 is 0 Å². The van der Waals surface area contributed by atoms with Crippen molar-refractivity contribution in [1.82, 2.24) is 14.8 Å². The fourth-order valence-corrected chi connectivity index (χ4v) is 4.57. The van der Waals surface area contributed by atoms with Gasteiger partial charge in [0.15, 0.2) is 0 Å². The minimum absolute atomic E-state index is 0.0264. The van der Waals surface area contributed by atoms with Gasteiger partial charge < -0.3 is 19.5 Å². The van der Waals surface area contributed by atoms with Crippen LogP contribution in [0.2, 0.25) is 0 Å². The number of aromatic amines is 1. The molecule has 0 aliphatic rings. The van der Waals surface area contributed by atoms with Crippen LogP contribution in [0.5, 0.6) is 5.75 Å². The number of aromatic nitrogens is 1. The van der Waals surface area contributed by atoms with E-state index in [0.29, 0.717) is 26.1 Å². The molecule has 0 bridgehead atoms. The van der Waals surface area contributed by atoms with E-state index in [0.717, 1.165) is 27.8 Å². The molecule has 0 atom stereocenters. The third kappa shape index (κ3) is 6.59. The van der Waals surface area contributed by atoms with Crippen molar-refractivity contribution in [2.45, 2.75) is 26.8 Å². The van der Waals surface area contributed by atoms with Gasteiger partial charge >= 0.3 is 0 Å². The first-order valence-corrected chi connectivity index (χ1v) is 12.8. The van der Waals surface area contributed by atoms with E-state index in [4.69, 9.17) is 4.74 Å². The first kappa shape index (κ1) is 26.9. The fourth-order valence-electron chi connectivity index (χ4n) is 4.57. The molecule has 7 heteroatoms. The number of ether oxygens (including phenoxy) is 1. The Morgan fingerprint density at radius 2 is 1.66 bits per heavy atom. The van der Waals surface area contributed by atoms with E-state index in [1.165, 1.54) is 17.0 Å². The summed E-state index contributed by atoms with van der Waals surface area (Å²) in [7, 11) is 1.61. The van der Waals surface area contributed by atoms with Crippen LogP contribution in [0.1, 0.15) is 35.3 Å². The molecule has 6 nitrogen and oxygen atoms in total. The second-order valence-electron chi connectivity index (χ2n) is 9.83. The summed E-state index contributed by atoms with van der Waals surface area (Å²) < 4.78 is 19.7. The minimum atomic E-state index is -0.590. The normalized spacial score (nSPS) is 11.1. The highest BCUT2D eigenvalue weighted by Crippen LogP contribution is 2.20. The van der Waals surface area contributed by atoms with Crippen LogP contribution in [0.3, 0.4) is 0 Å². The molecule has 38 heavy (non-hydrogen) atoms. The third-order valence-electron chi connectivity index (χ3n) is 6.51. The summed E-state index contributed by atoms with van der Waals surface area (Å²) in [5.74, 6) is -0.408. The van der Waals surface area contributed by atoms with E-state index in [-0.39, 0.29) is 23.9 Å². The highest BCUT2D eigenvalue weighted by atomic mass is 19.1. The number of methoxy groups -OCH3 is 1. The predicted molar refractivity (Wildman–Crippen MR) is 148 cm³/mol. The van der Waals surface area contributed by atoms with E-state index in [1.54, 1.807) is 24.1 Å². The quantitative estimate of drug-likeness (QED) is 0.279. The van der Waals surface area contributed by atoms with Gasteiger partial charge in [-0.2, -0.15) is 0 Å². The van der Waals surface area contributed by atoms with Gasteiger partial charge in [0.2, 0.25) is 5.91 Å². The van der Waals surface area contributed by atoms with Crippen LogP contribution in [0.15, 0.2) is 79.0 Å². The van der Waals surface area contributed by atoms with Gasteiger partial charge in [-0.25, -0.2) is 4.39 Å². The van der Waals surface area contributed by atoms with Crippen LogP contribution in [0.25, 0.3) is 10.9 Å². The Kier molecular flexibility index (Phi) is 8.79. The number of halogens is 1. The number of H-pyrrole nitrogens is 1. The lowest BCUT2D eigenvalue weighted by molar-refractivity contribution is -0.132. The molecule has 4 aromatic rings. The number of nitrogens with zero attached hydrogens (tertiary/aromatic N) is 2. The monoisotopic (exact) mass is 515 g/mol. The average molecular weight is 516 g/mol. The van der Waals surface area contributed by atoms with E-state index in [9.17, 15) is 14.0 Å². The Labute approximate surface area is 223 Å². The van der Waals surface area contributed by atoms with Crippen LogP contribution < -0.4 is 4.74 Å². The second kappa shape index (κ2) is 12.4. The number of rotatable bonds is 11. The first-order chi connectivity index (χ1) is 18.4. The second-order valence-corrected chi connectivity index (χ2v) is 9.83. The largest absolute Gasteiger partial charge is 0.497 e. The summed E-state index contributed by atoms with van der Waals surface area (Å²) >= 11 is 0. The number of para-hydroxylation sites is 1. The predicted octanol–water partition coefficient (Wildman–Crippen LogP) is 5.69. The van der Waals surface area contributed by atoms with Gasteiger partial charge in [-0.05, 0) is 53.8 Å². The van der Waals surface area contributed by atoms with Crippen LogP contribution in [-0.2, 0) is 17.8 Å². The van der Waals surface area contributed by atoms with Gasteiger partial charge in [-0.1, -0.05) is 56.3 Å². The number of benzene rings is 3. The summed E-state index contributed by atoms with van der Waals surface area (Å²) in [5.41, 5.74) is 3.10. The fraction of sp³-hybridized carbons (Fsp3) is 0.290. The van der Waals surface area contributed by atoms with Crippen molar-refractivity contribution in [3.05, 3.63) is 102 Å². The van der Waals surface area contributed by atoms with Crippen molar-refractivity contribution in [2.75, 3.05) is 26.7 Å².